The zero-order valence-corrected chi connectivity index (χ0v) is 20.6. The highest BCUT2D eigenvalue weighted by atomic mass is 19.2. The fourth-order valence-electron chi connectivity index (χ4n) is 4.80. The summed E-state index contributed by atoms with van der Waals surface area (Å²) in [6.45, 7) is 0.891. The van der Waals surface area contributed by atoms with Crippen molar-refractivity contribution < 1.29 is 33.0 Å². The van der Waals surface area contributed by atoms with E-state index in [2.05, 4.69) is 22.0 Å². The molecule has 0 spiro atoms. The van der Waals surface area contributed by atoms with Crippen LogP contribution in [0.4, 0.5) is 13.2 Å². The lowest BCUT2D eigenvalue weighted by atomic mass is 9.81. The first-order valence-corrected chi connectivity index (χ1v) is 12.0. The Kier molecular flexibility index (Phi) is 8.48. The molecule has 4 rings (SSSR count). The molecule has 2 atom stereocenters. The highest BCUT2D eigenvalue weighted by Crippen LogP contribution is 2.30. The average Bonchev–Trinajstić information content (AvgIpc) is 2.91. The van der Waals surface area contributed by atoms with Crippen molar-refractivity contribution in [1.82, 2.24) is 9.88 Å². The molecule has 2 aromatic carbocycles. The van der Waals surface area contributed by atoms with Gasteiger partial charge in [0.25, 0.3) is 0 Å². The van der Waals surface area contributed by atoms with Gasteiger partial charge in [0, 0.05) is 29.8 Å². The van der Waals surface area contributed by atoms with E-state index in [0.29, 0.717) is 54.4 Å². The number of ether oxygens (including phenoxy) is 1. The maximum Gasteiger partial charge on any atom is 0.308 e. The van der Waals surface area contributed by atoms with E-state index >= 15 is 0 Å². The largest absolute Gasteiger partial charge is 0.497 e. The molecule has 1 saturated heterocycles. The van der Waals surface area contributed by atoms with Crippen molar-refractivity contribution in [3.8, 4) is 17.6 Å². The Morgan fingerprint density at radius 2 is 2.05 bits per heavy atom. The fraction of sp³-hybridized carbons (Fsp3) is 0.321. The van der Waals surface area contributed by atoms with Crippen LogP contribution >= 0.6 is 0 Å². The minimum Gasteiger partial charge on any atom is -0.497 e. The van der Waals surface area contributed by atoms with Crippen LogP contribution in [0.2, 0.25) is 0 Å². The van der Waals surface area contributed by atoms with Crippen LogP contribution in [0.25, 0.3) is 10.9 Å². The van der Waals surface area contributed by atoms with Gasteiger partial charge in [-0.3, -0.25) is 14.7 Å². The Hall–Kier alpha value is -4.10. The number of hydrogen-bond donors (Lipinski definition) is 2. The molecule has 198 valence electrons. The second-order valence-electron chi connectivity index (χ2n) is 9.11. The van der Waals surface area contributed by atoms with E-state index in [9.17, 15) is 28.3 Å². The van der Waals surface area contributed by atoms with Gasteiger partial charge in [-0.15, -0.1) is 0 Å². The summed E-state index contributed by atoms with van der Waals surface area (Å²) in [5, 5.41) is 23.9. The van der Waals surface area contributed by atoms with Crippen LogP contribution in [0.5, 0.6) is 5.75 Å². The maximum atomic E-state index is 13.8. The number of nitrogens with zero attached hydrogens (tertiary/aromatic N) is 3. The molecule has 1 aromatic heterocycles. The second-order valence-corrected chi connectivity index (χ2v) is 9.11. The Balaban J connectivity index is 1.43. The molecule has 0 saturated carbocycles. The van der Waals surface area contributed by atoms with Crippen LogP contribution in [0.15, 0.2) is 47.8 Å². The van der Waals surface area contributed by atoms with Gasteiger partial charge in [-0.2, -0.15) is 0 Å². The Bertz CT molecular complexity index is 1430. The number of oxime groups is 1. The first kappa shape index (κ1) is 26.9. The number of likely N-dealkylation sites (tertiary alicyclic amines) is 1. The summed E-state index contributed by atoms with van der Waals surface area (Å²) in [5.74, 6) is 0.480. The van der Waals surface area contributed by atoms with Gasteiger partial charge in [0.2, 0.25) is 0 Å². The molecule has 1 aliphatic heterocycles. The average molecular weight is 526 g/mol. The van der Waals surface area contributed by atoms with Crippen molar-refractivity contribution in [2.45, 2.75) is 19.3 Å². The van der Waals surface area contributed by atoms with Crippen LogP contribution < -0.4 is 4.74 Å². The number of carboxylic acid groups (broad SMARTS) is 1. The van der Waals surface area contributed by atoms with E-state index in [1.54, 1.807) is 25.4 Å². The number of carboxylic acids is 1. The Morgan fingerprint density at radius 3 is 2.79 bits per heavy atom. The highest BCUT2D eigenvalue weighted by molar-refractivity contribution is 6.10. The number of fused-ring (bicyclic) bond motifs is 1. The molecule has 0 unspecified atom stereocenters. The normalized spacial score (nSPS) is 18.2. The van der Waals surface area contributed by atoms with Gasteiger partial charge in [-0.25, -0.2) is 13.2 Å². The van der Waals surface area contributed by atoms with Crippen molar-refractivity contribution in [2.75, 3.05) is 26.7 Å². The van der Waals surface area contributed by atoms with Crippen LogP contribution in [0, 0.1) is 41.1 Å². The van der Waals surface area contributed by atoms with Crippen molar-refractivity contribution >= 4 is 22.6 Å². The first-order chi connectivity index (χ1) is 18.3. The molecule has 3 aromatic rings. The van der Waals surface area contributed by atoms with E-state index in [0.717, 1.165) is 11.5 Å². The number of aliphatic carboxylic acids is 1. The second kappa shape index (κ2) is 12.0. The number of carbonyl (C=O) groups is 1. The van der Waals surface area contributed by atoms with Gasteiger partial charge in [0.15, 0.2) is 11.6 Å². The van der Waals surface area contributed by atoms with Crippen molar-refractivity contribution in [3.63, 3.8) is 0 Å². The molecule has 2 heterocycles. The standard InChI is InChI=1S/C28H26F3N3O4/c1-38-20-5-7-25-22(15-20)21(8-10-32-25)26(33-37)6-4-17-9-12-34(16-23(17)28(35)36)11-2-3-18-13-19(29)14-24(30)27(18)31/h5,7-8,10,13-15,17,23,37H,4,6,9,11-12,16H2,1H3,(H,35,36)/b33-26-/t17-,23+/m1/s1. The monoisotopic (exact) mass is 525 g/mol. The molecular formula is C28H26F3N3O4. The summed E-state index contributed by atoms with van der Waals surface area (Å²) in [6.07, 6.45) is 3.02. The van der Waals surface area contributed by atoms with Crippen molar-refractivity contribution in [3.05, 3.63) is 71.2 Å². The molecule has 7 nitrogen and oxygen atoms in total. The summed E-state index contributed by atoms with van der Waals surface area (Å²) < 4.78 is 45.9. The minimum absolute atomic E-state index is 0.127. The topological polar surface area (TPSA) is 95.2 Å². The number of methoxy groups -OCH3 is 1. The third kappa shape index (κ3) is 6.06. The molecule has 0 radical (unpaired) electrons. The SMILES string of the molecule is COc1ccc2nccc(/C(CC[C@@H]3CCN(CC#Cc4cc(F)cc(F)c4F)C[C@@H]3C(=O)O)=N\O)c2c1. The zero-order chi connectivity index (χ0) is 27.2. The van der Waals surface area contributed by atoms with Crippen molar-refractivity contribution in [2.24, 2.45) is 17.0 Å². The van der Waals surface area contributed by atoms with E-state index in [4.69, 9.17) is 4.74 Å². The maximum absolute atomic E-state index is 13.8. The smallest absolute Gasteiger partial charge is 0.308 e. The number of pyridine rings is 1. The fourth-order valence-corrected chi connectivity index (χ4v) is 4.80. The van der Waals surface area contributed by atoms with E-state index in [-0.39, 0.29) is 24.6 Å². The number of rotatable bonds is 7. The number of benzene rings is 2. The van der Waals surface area contributed by atoms with Crippen molar-refractivity contribution in [1.29, 1.82) is 0 Å². The van der Waals surface area contributed by atoms with E-state index < -0.39 is 29.3 Å². The van der Waals surface area contributed by atoms with Gasteiger partial charge in [-0.1, -0.05) is 17.0 Å². The lowest BCUT2D eigenvalue weighted by Crippen LogP contribution is -2.44. The first-order valence-electron chi connectivity index (χ1n) is 12.0. The molecule has 1 fully saturated rings. The molecule has 1 aliphatic rings. The third-order valence-electron chi connectivity index (χ3n) is 6.81. The van der Waals surface area contributed by atoms with Crippen LogP contribution in [0.3, 0.4) is 0 Å². The van der Waals surface area contributed by atoms with E-state index in [1.807, 2.05) is 17.0 Å². The number of piperidine rings is 1. The van der Waals surface area contributed by atoms with Gasteiger partial charge >= 0.3 is 5.97 Å². The minimum atomic E-state index is -1.31. The summed E-state index contributed by atoms with van der Waals surface area (Å²) >= 11 is 0. The number of aromatic nitrogens is 1. The lowest BCUT2D eigenvalue weighted by Gasteiger charge is -2.35. The molecule has 38 heavy (non-hydrogen) atoms. The van der Waals surface area contributed by atoms with Crippen LogP contribution in [-0.2, 0) is 4.79 Å². The van der Waals surface area contributed by atoms with Gasteiger partial charge < -0.3 is 15.1 Å². The predicted octanol–water partition coefficient (Wildman–Crippen LogP) is 4.69. The predicted molar refractivity (Wildman–Crippen MR) is 135 cm³/mol. The highest BCUT2D eigenvalue weighted by Gasteiger charge is 2.34. The molecule has 0 bridgehead atoms. The van der Waals surface area contributed by atoms with Crippen LogP contribution in [-0.4, -0.2) is 58.6 Å². The molecular weight excluding hydrogens is 499 g/mol. The van der Waals surface area contributed by atoms with Gasteiger partial charge in [-0.05, 0) is 62.1 Å². The number of halogens is 3. The molecule has 10 heteroatoms. The Labute approximate surface area is 217 Å². The van der Waals surface area contributed by atoms with Gasteiger partial charge in [0.05, 0.1) is 36.4 Å². The summed E-state index contributed by atoms with van der Waals surface area (Å²) in [4.78, 5) is 18.2. The van der Waals surface area contributed by atoms with Crippen LogP contribution in [0.1, 0.15) is 30.4 Å². The summed E-state index contributed by atoms with van der Waals surface area (Å²) in [6, 6.07) is 8.43. The quantitative estimate of drug-likeness (QED) is 0.153. The Morgan fingerprint density at radius 1 is 1.24 bits per heavy atom. The number of hydrogen-bond acceptors (Lipinski definition) is 6. The molecule has 0 amide bonds. The lowest BCUT2D eigenvalue weighted by molar-refractivity contribution is -0.146. The van der Waals surface area contributed by atoms with Gasteiger partial charge in [0.1, 0.15) is 11.6 Å². The summed E-state index contributed by atoms with van der Waals surface area (Å²) in [7, 11) is 1.56. The molecule has 2 N–H and O–H groups in total. The summed E-state index contributed by atoms with van der Waals surface area (Å²) in [5.41, 5.74) is 1.44. The third-order valence-corrected chi connectivity index (χ3v) is 6.81. The van der Waals surface area contributed by atoms with E-state index in [1.165, 1.54) is 0 Å². The zero-order valence-electron chi connectivity index (χ0n) is 20.6. The molecule has 0 aliphatic carbocycles.